The zero-order chi connectivity index (χ0) is 12.8. The predicted octanol–water partition coefficient (Wildman–Crippen LogP) is 2.91. The second-order valence-electron chi connectivity index (χ2n) is 3.84. The minimum atomic E-state index is -0.387. The second-order valence-corrected chi connectivity index (χ2v) is 4.69. The molecule has 0 aromatic heterocycles. The van der Waals surface area contributed by atoms with E-state index >= 15 is 0 Å². The maximum absolute atomic E-state index is 13.2. The van der Waals surface area contributed by atoms with Crippen LogP contribution in [0.25, 0.3) is 0 Å². The number of carbonyl (C=O) groups is 1. The third-order valence-corrected chi connectivity index (χ3v) is 2.89. The topological polar surface area (TPSA) is 41.1 Å². The van der Waals surface area contributed by atoms with E-state index in [4.69, 9.17) is 0 Å². The van der Waals surface area contributed by atoms with Gasteiger partial charge in [0, 0.05) is 18.2 Å². The first-order valence-corrected chi connectivity index (χ1v) is 6.30. The van der Waals surface area contributed by atoms with Gasteiger partial charge in [0.15, 0.2) is 0 Å². The molecule has 0 saturated carbocycles. The Hall–Kier alpha value is -0.940. The first-order chi connectivity index (χ1) is 8.02. The highest BCUT2D eigenvalue weighted by Gasteiger charge is 2.09. The molecule has 2 N–H and O–H groups in total. The zero-order valence-electron chi connectivity index (χ0n) is 9.89. The molecule has 5 heteroatoms. The average molecular weight is 303 g/mol. The highest BCUT2D eigenvalue weighted by molar-refractivity contribution is 9.10. The zero-order valence-corrected chi connectivity index (χ0v) is 11.5. The number of rotatable bonds is 5. The summed E-state index contributed by atoms with van der Waals surface area (Å²) in [6.45, 7) is 4.74. The molecule has 0 spiro atoms. The van der Waals surface area contributed by atoms with Crippen molar-refractivity contribution in [2.75, 3.05) is 11.9 Å². The monoisotopic (exact) mass is 302 g/mol. The molecule has 94 valence electrons. The van der Waals surface area contributed by atoms with Crippen LogP contribution in [-0.4, -0.2) is 18.5 Å². The summed E-state index contributed by atoms with van der Waals surface area (Å²) >= 11 is 3.06. The van der Waals surface area contributed by atoms with Crippen LogP contribution in [0.3, 0.4) is 0 Å². The number of halogens is 2. The lowest BCUT2D eigenvalue weighted by molar-refractivity contribution is -0.116. The van der Waals surface area contributed by atoms with Gasteiger partial charge in [0.25, 0.3) is 0 Å². The van der Waals surface area contributed by atoms with Crippen LogP contribution in [0.15, 0.2) is 22.7 Å². The minimum absolute atomic E-state index is 0.111. The van der Waals surface area contributed by atoms with E-state index in [1.807, 2.05) is 13.8 Å². The summed E-state index contributed by atoms with van der Waals surface area (Å²) in [5, 5.41) is 5.80. The Kier molecular flexibility index (Phi) is 5.58. The van der Waals surface area contributed by atoms with E-state index in [2.05, 4.69) is 26.6 Å². The van der Waals surface area contributed by atoms with E-state index in [9.17, 15) is 9.18 Å². The number of hydrogen-bond donors (Lipinski definition) is 2. The van der Waals surface area contributed by atoms with Crippen molar-refractivity contribution in [3.63, 3.8) is 0 Å². The van der Waals surface area contributed by atoms with Crippen molar-refractivity contribution >= 4 is 27.5 Å². The van der Waals surface area contributed by atoms with Crippen LogP contribution in [0, 0.1) is 5.82 Å². The highest BCUT2D eigenvalue weighted by atomic mass is 79.9. The Morgan fingerprint density at radius 3 is 2.82 bits per heavy atom. The van der Waals surface area contributed by atoms with E-state index in [0.717, 1.165) is 6.54 Å². The van der Waals surface area contributed by atoms with Crippen LogP contribution in [-0.2, 0) is 4.79 Å². The van der Waals surface area contributed by atoms with Gasteiger partial charge >= 0.3 is 0 Å². The lowest BCUT2D eigenvalue weighted by Crippen LogP contribution is -2.30. The summed E-state index contributed by atoms with van der Waals surface area (Å²) in [6, 6.07) is 4.63. The summed E-state index contributed by atoms with van der Waals surface area (Å²) in [4.78, 5) is 11.6. The van der Waals surface area contributed by atoms with Gasteiger partial charge < -0.3 is 10.6 Å². The van der Waals surface area contributed by atoms with Crippen LogP contribution >= 0.6 is 15.9 Å². The van der Waals surface area contributed by atoms with Crippen LogP contribution < -0.4 is 10.6 Å². The smallest absolute Gasteiger partial charge is 0.225 e. The van der Waals surface area contributed by atoms with Gasteiger partial charge in [0.05, 0.1) is 4.47 Å². The summed E-state index contributed by atoms with van der Waals surface area (Å²) in [7, 11) is 0. The van der Waals surface area contributed by atoms with Gasteiger partial charge in [-0.15, -0.1) is 0 Å². The molecular weight excluding hydrogens is 287 g/mol. The maximum atomic E-state index is 13.2. The lowest BCUT2D eigenvalue weighted by Gasteiger charge is -2.12. The van der Waals surface area contributed by atoms with Crippen LogP contribution in [0.5, 0.6) is 0 Å². The van der Waals surface area contributed by atoms with Gasteiger partial charge in [-0.25, -0.2) is 4.39 Å². The third kappa shape index (κ3) is 4.83. The largest absolute Gasteiger partial charge is 0.326 e. The Morgan fingerprint density at radius 2 is 2.24 bits per heavy atom. The van der Waals surface area contributed by atoms with E-state index < -0.39 is 0 Å². The average Bonchev–Trinajstić information content (AvgIpc) is 2.23. The highest BCUT2D eigenvalue weighted by Crippen LogP contribution is 2.19. The van der Waals surface area contributed by atoms with Crippen LogP contribution in [0.2, 0.25) is 0 Å². The normalized spacial score (nSPS) is 12.2. The minimum Gasteiger partial charge on any atom is -0.326 e. The molecule has 0 aliphatic heterocycles. The van der Waals surface area contributed by atoms with Crippen molar-refractivity contribution in [3.8, 4) is 0 Å². The molecule has 0 heterocycles. The number of carbonyl (C=O) groups excluding carboxylic acids is 1. The Bertz CT molecular complexity index is 398. The molecule has 0 radical (unpaired) electrons. The number of nitrogens with one attached hydrogen (secondary N) is 2. The van der Waals surface area contributed by atoms with Crippen molar-refractivity contribution < 1.29 is 9.18 Å². The van der Waals surface area contributed by atoms with Crippen molar-refractivity contribution in [2.24, 2.45) is 0 Å². The van der Waals surface area contributed by atoms with E-state index in [1.165, 1.54) is 6.07 Å². The van der Waals surface area contributed by atoms with Crippen LogP contribution in [0.1, 0.15) is 20.3 Å². The van der Waals surface area contributed by atoms with E-state index in [1.54, 1.807) is 12.1 Å². The molecule has 17 heavy (non-hydrogen) atoms. The Morgan fingerprint density at radius 1 is 1.53 bits per heavy atom. The van der Waals surface area contributed by atoms with Gasteiger partial charge in [-0.3, -0.25) is 4.79 Å². The van der Waals surface area contributed by atoms with Crippen molar-refractivity contribution in [2.45, 2.75) is 26.3 Å². The third-order valence-electron chi connectivity index (χ3n) is 2.25. The predicted molar refractivity (Wildman–Crippen MR) is 70.5 cm³/mol. The molecule has 0 aliphatic rings. The molecule has 1 aromatic carbocycles. The van der Waals surface area contributed by atoms with Crippen LogP contribution in [0.4, 0.5) is 10.1 Å². The first-order valence-electron chi connectivity index (χ1n) is 5.51. The fourth-order valence-electron chi connectivity index (χ4n) is 1.48. The molecule has 0 bridgehead atoms. The molecule has 3 nitrogen and oxygen atoms in total. The Labute approximate surface area is 109 Å². The molecule has 1 unspecified atom stereocenters. The molecule has 1 rings (SSSR count). The fraction of sp³-hybridized carbons (Fsp3) is 0.417. The molecule has 0 fully saturated rings. The molecule has 0 aliphatic carbocycles. The summed E-state index contributed by atoms with van der Waals surface area (Å²) in [5.41, 5.74) is 0.472. The molecule has 1 atom stereocenters. The SMILES string of the molecule is CCNC(C)CC(=O)Nc1ccc(Br)c(F)c1. The summed E-state index contributed by atoms with van der Waals surface area (Å²) in [6.07, 6.45) is 0.367. The summed E-state index contributed by atoms with van der Waals surface area (Å²) < 4.78 is 13.6. The molecule has 1 aromatic rings. The van der Waals surface area contributed by atoms with Crippen molar-refractivity contribution in [1.82, 2.24) is 5.32 Å². The van der Waals surface area contributed by atoms with E-state index in [0.29, 0.717) is 16.6 Å². The summed E-state index contributed by atoms with van der Waals surface area (Å²) in [5.74, 6) is -0.511. The maximum Gasteiger partial charge on any atom is 0.225 e. The number of benzene rings is 1. The van der Waals surface area contributed by atoms with Gasteiger partial charge in [0.2, 0.25) is 5.91 Å². The fourth-order valence-corrected chi connectivity index (χ4v) is 1.73. The van der Waals surface area contributed by atoms with Crippen molar-refractivity contribution in [3.05, 3.63) is 28.5 Å². The van der Waals surface area contributed by atoms with E-state index in [-0.39, 0.29) is 17.8 Å². The molecular formula is C12H16BrFN2O. The number of hydrogen-bond acceptors (Lipinski definition) is 2. The standard InChI is InChI=1S/C12H16BrFN2O/c1-3-15-8(2)6-12(17)16-9-4-5-10(13)11(14)7-9/h4-5,7-8,15H,3,6H2,1-2H3,(H,16,17). The second kappa shape index (κ2) is 6.71. The Balaban J connectivity index is 2.53. The molecule has 0 saturated heterocycles. The van der Waals surface area contributed by atoms with Gasteiger partial charge in [-0.1, -0.05) is 6.92 Å². The quantitative estimate of drug-likeness (QED) is 0.878. The number of anilines is 1. The molecule has 1 amide bonds. The van der Waals surface area contributed by atoms with Gasteiger partial charge in [-0.2, -0.15) is 0 Å². The van der Waals surface area contributed by atoms with Crippen molar-refractivity contribution in [1.29, 1.82) is 0 Å². The van der Waals surface area contributed by atoms with Gasteiger partial charge in [0.1, 0.15) is 5.82 Å². The lowest BCUT2D eigenvalue weighted by atomic mass is 10.2. The first kappa shape index (κ1) is 14.1. The number of amides is 1. The van der Waals surface area contributed by atoms with Gasteiger partial charge in [-0.05, 0) is 47.6 Å².